The molecule has 94 valence electrons. The van der Waals surface area contributed by atoms with E-state index in [-0.39, 0.29) is 5.75 Å². The summed E-state index contributed by atoms with van der Waals surface area (Å²) in [6.45, 7) is 3.54. The van der Waals surface area contributed by atoms with Crippen LogP contribution in [-0.2, 0) is 6.54 Å². The number of rotatable bonds is 4. The quantitative estimate of drug-likeness (QED) is 0.897. The molecule has 0 aromatic heterocycles. The molecule has 0 saturated carbocycles. The molecule has 0 unspecified atom stereocenters. The van der Waals surface area contributed by atoms with Crippen LogP contribution in [0.15, 0.2) is 48.5 Å². The number of phenols is 1. The number of hydrogen-bond donors (Lipinski definition) is 1. The first-order valence-electron chi connectivity index (χ1n) is 5.98. The molecule has 0 bridgehead atoms. The van der Waals surface area contributed by atoms with E-state index in [0.29, 0.717) is 11.6 Å². The van der Waals surface area contributed by atoms with Gasteiger partial charge in [-0.25, -0.2) is 0 Å². The third-order valence-corrected chi connectivity index (χ3v) is 3.30. The van der Waals surface area contributed by atoms with Gasteiger partial charge in [-0.2, -0.15) is 0 Å². The van der Waals surface area contributed by atoms with Crippen molar-refractivity contribution >= 4 is 17.3 Å². The van der Waals surface area contributed by atoms with E-state index in [1.807, 2.05) is 18.2 Å². The summed E-state index contributed by atoms with van der Waals surface area (Å²) in [5.74, 6) is 0.247. The van der Waals surface area contributed by atoms with Crippen LogP contribution in [0, 0.1) is 0 Å². The molecule has 2 rings (SSSR count). The van der Waals surface area contributed by atoms with Crippen molar-refractivity contribution in [3.63, 3.8) is 0 Å². The summed E-state index contributed by atoms with van der Waals surface area (Å²) in [7, 11) is 0. The van der Waals surface area contributed by atoms with Gasteiger partial charge in [0.1, 0.15) is 5.75 Å². The molecule has 1 N–H and O–H groups in total. The highest BCUT2D eigenvalue weighted by Crippen LogP contribution is 2.28. The molecule has 2 aromatic rings. The van der Waals surface area contributed by atoms with Gasteiger partial charge in [0.05, 0.1) is 0 Å². The lowest BCUT2D eigenvalue weighted by Gasteiger charge is -2.24. The van der Waals surface area contributed by atoms with Gasteiger partial charge in [0.15, 0.2) is 0 Å². The van der Waals surface area contributed by atoms with Crippen molar-refractivity contribution in [3.8, 4) is 5.75 Å². The van der Waals surface area contributed by atoms with Crippen LogP contribution in [-0.4, -0.2) is 11.7 Å². The Kier molecular flexibility index (Phi) is 4.11. The van der Waals surface area contributed by atoms with Crippen molar-refractivity contribution in [2.75, 3.05) is 11.4 Å². The number of benzene rings is 2. The summed E-state index contributed by atoms with van der Waals surface area (Å²) in [6, 6.07) is 15.3. The minimum absolute atomic E-state index is 0.247. The van der Waals surface area contributed by atoms with E-state index in [4.69, 9.17) is 11.6 Å². The average Bonchev–Trinajstić information content (AvgIpc) is 2.40. The van der Waals surface area contributed by atoms with Gasteiger partial charge in [0.2, 0.25) is 0 Å². The second-order valence-electron chi connectivity index (χ2n) is 4.09. The van der Waals surface area contributed by atoms with Gasteiger partial charge in [-0.15, -0.1) is 0 Å². The van der Waals surface area contributed by atoms with E-state index >= 15 is 0 Å². The maximum atomic E-state index is 9.87. The van der Waals surface area contributed by atoms with Crippen molar-refractivity contribution in [3.05, 3.63) is 59.1 Å². The highest BCUT2D eigenvalue weighted by Gasteiger charge is 2.11. The molecule has 0 radical (unpaired) electrons. The Balaban J connectivity index is 2.26. The van der Waals surface area contributed by atoms with Crippen LogP contribution in [0.4, 0.5) is 5.69 Å². The Bertz CT molecular complexity index is 493. The van der Waals surface area contributed by atoms with E-state index in [1.165, 1.54) is 0 Å². The smallest absolute Gasteiger partial charge is 0.122 e. The zero-order chi connectivity index (χ0) is 13.0. The summed E-state index contributed by atoms with van der Waals surface area (Å²) < 4.78 is 0. The van der Waals surface area contributed by atoms with Crippen molar-refractivity contribution in [2.24, 2.45) is 0 Å². The lowest BCUT2D eigenvalue weighted by molar-refractivity contribution is 0.467. The molecular weight excluding hydrogens is 246 g/mol. The van der Waals surface area contributed by atoms with Crippen molar-refractivity contribution in [1.82, 2.24) is 0 Å². The molecule has 0 fully saturated rings. The molecule has 0 heterocycles. The maximum absolute atomic E-state index is 9.87. The molecule has 0 aliphatic rings. The highest BCUT2D eigenvalue weighted by molar-refractivity contribution is 6.31. The van der Waals surface area contributed by atoms with Crippen LogP contribution in [0.1, 0.15) is 12.5 Å². The predicted molar refractivity (Wildman–Crippen MR) is 76.3 cm³/mol. The first kappa shape index (κ1) is 12.8. The Labute approximate surface area is 112 Å². The van der Waals surface area contributed by atoms with Gasteiger partial charge in [-0.05, 0) is 31.2 Å². The molecule has 3 heteroatoms. The molecule has 0 spiro atoms. The Hall–Kier alpha value is -1.67. The number of nitrogens with zero attached hydrogens (tertiary/aromatic N) is 1. The van der Waals surface area contributed by atoms with Gasteiger partial charge < -0.3 is 10.0 Å². The van der Waals surface area contributed by atoms with E-state index in [2.05, 4.69) is 24.0 Å². The molecule has 2 nitrogen and oxygen atoms in total. The number of halogens is 1. The number of anilines is 1. The minimum atomic E-state index is 0.247. The van der Waals surface area contributed by atoms with Crippen molar-refractivity contribution in [2.45, 2.75) is 13.5 Å². The van der Waals surface area contributed by atoms with Crippen molar-refractivity contribution < 1.29 is 5.11 Å². The van der Waals surface area contributed by atoms with Crippen LogP contribution >= 0.6 is 11.6 Å². The third kappa shape index (κ3) is 2.77. The Morgan fingerprint density at radius 2 is 1.78 bits per heavy atom. The number of hydrogen-bond acceptors (Lipinski definition) is 2. The number of phenolic OH excluding ortho intramolecular Hbond substituents is 1. The summed E-state index contributed by atoms with van der Waals surface area (Å²) >= 11 is 6.13. The molecule has 18 heavy (non-hydrogen) atoms. The Morgan fingerprint density at radius 3 is 2.39 bits per heavy atom. The fraction of sp³-hybridized carbons (Fsp3) is 0.200. The van der Waals surface area contributed by atoms with Gasteiger partial charge in [0, 0.05) is 29.4 Å². The van der Waals surface area contributed by atoms with Gasteiger partial charge >= 0.3 is 0 Å². The summed E-state index contributed by atoms with van der Waals surface area (Å²) in [6.07, 6.45) is 0. The van der Waals surface area contributed by atoms with E-state index < -0.39 is 0 Å². The van der Waals surface area contributed by atoms with E-state index in [1.54, 1.807) is 18.2 Å². The van der Waals surface area contributed by atoms with E-state index in [9.17, 15) is 5.11 Å². The standard InChI is InChI=1S/C15H16ClNO/c1-2-17(12-7-4-3-5-8-12)11-13-14(16)9-6-10-15(13)18/h3-10,18H,2,11H2,1H3. The first-order valence-corrected chi connectivity index (χ1v) is 6.36. The molecule has 0 saturated heterocycles. The maximum Gasteiger partial charge on any atom is 0.122 e. The predicted octanol–water partition coefficient (Wildman–Crippen LogP) is 4.07. The normalized spacial score (nSPS) is 10.3. The third-order valence-electron chi connectivity index (χ3n) is 2.95. The highest BCUT2D eigenvalue weighted by atomic mass is 35.5. The molecule has 0 aliphatic carbocycles. The topological polar surface area (TPSA) is 23.5 Å². The lowest BCUT2D eigenvalue weighted by atomic mass is 10.1. The van der Waals surface area contributed by atoms with Gasteiger partial charge in [-0.1, -0.05) is 35.9 Å². The van der Waals surface area contributed by atoms with Gasteiger partial charge in [-0.3, -0.25) is 0 Å². The van der Waals surface area contributed by atoms with Gasteiger partial charge in [0.25, 0.3) is 0 Å². The SMILES string of the molecule is CCN(Cc1c(O)cccc1Cl)c1ccccc1. The van der Waals surface area contributed by atoms with E-state index in [0.717, 1.165) is 17.8 Å². The summed E-state index contributed by atoms with van der Waals surface area (Å²) in [4.78, 5) is 2.17. The van der Waals surface area contributed by atoms with Crippen LogP contribution < -0.4 is 4.90 Å². The molecule has 0 atom stereocenters. The molecular formula is C15H16ClNO. The van der Waals surface area contributed by atoms with Crippen LogP contribution in [0.2, 0.25) is 5.02 Å². The molecule has 0 amide bonds. The van der Waals surface area contributed by atoms with Crippen LogP contribution in [0.3, 0.4) is 0 Å². The van der Waals surface area contributed by atoms with Crippen molar-refractivity contribution in [1.29, 1.82) is 0 Å². The van der Waals surface area contributed by atoms with Crippen LogP contribution in [0.5, 0.6) is 5.75 Å². The lowest BCUT2D eigenvalue weighted by Crippen LogP contribution is -2.22. The molecule has 0 aliphatic heterocycles. The number of aromatic hydroxyl groups is 1. The summed E-state index contributed by atoms with van der Waals surface area (Å²) in [5.41, 5.74) is 1.89. The molecule has 2 aromatic carbocycles. The average molecular weight is 262 g/mol. The fourth-order valence-electron chi connectivity index (χ4n) is 1.92. The summed E-state index contributed by atoms with van der Waals surface area (Å²) in [5, 5.41) is 10.5. The zero-order valence-corrected chi connectivity index (χ0v) is 11.1. The van der Waals surface area contributed by atoms with Crippen LogP contribution in [0.25, 0.3) is 0 Å². The second-order valence-corrected chi connectivity index (χ2v) is 4.49. The fourth-order valence-corrected chi connectivity index (χ4v) is 2.15. The Morgan fingerprint density at radius 1 is 1.06 bits per heavy atom. The second kappa shape index (κ2) is 5.78. The zero-order valence-electron chi connectivity index (χ0n) is 10.3. The largest absolute Gasteiger partial charge is 0.508 e. The minimum Gasteiger partial charge on any atom is -0.508 e. The first-order chi connectivity index (χ1) is 8.72. The monoisotopic (exact) mass is 261 g/mol. The number of para-hydroxylation sites is 1.